The van der Waals surface area contributed by atoms with Crippen LogP contribution in [-0.2, 0) is 4.79 Å². The number of nitrogens with zero attached hydrogens (tertiary/aromatic N) is 1. The molecule has 0 bridgehead atoms. The van der Waals surface area contributed by atoms with Gasteiger partial charge in [0.2, 0.25) is 5.91 Å². The number of halogens is 2. The summed E-state index contributed by atoms with van der Waals surface area (Å²) in [5.41, 5.74) is 0.620. The van der Waals surface area contributed by atoms with Gasteiger partial charge >= 0.3 is 0 Å². The number of hydrogen-bond acceptors (Lipinski definition) is 2. The van der Waals surface area contributed by atoms with Crippen molar-refractivity contribution in [1.29, 1.82) is 0 Å². The number of carbonyl (C=O) groups is 1. The third kappa shape index (κ3) is 5.08. The fourth-order valence-corrected chi connectivity index (χ4v) is 2.20. The van der Waals surface area contributed by atoms with E-state index in [1.165, 1.54) is 17.0 Å². The quantitative estimate of drug-likeness (QED) is 0.875. The maximum absolute atomic E-state index is 13.3. The van der Waals surface area contributed by atoms with E-state index in [2.05, 4.69) is 5.32 Å². The normalized spacial score (nSPS) is 14.1. The van der Waals surface area contributed by atoms with Crippen LogP contribution < -0.4 is 5.32 Å². The predicted molar refractivity (Wildman–Crippen MR) is 79.8 cm³/mol. The van der Waals surface area contributed by atoms with Crippen LogP contribution in [0.5, 0.6) is 0 Å². The molecule has 2 unspecified atom stereocenters. The van der Waals surface area contributed by atoms with Crippen molar-refractivity contribution in [3.05, 3.63) is 35.4 Å². The molecule has 0 saturated carbocycles. The third-order valence-corrected chi connectivity index (χ3v) is 3.34. The van der Waals surface area contributed by atoms with E-state index >= 15 is 0 Å². The van der Waals surface area contributed by atoms with E-state index < -0.39 is 11.6 Å². The fourth-order valence-electron chi connectivity index (χ4n) is 2.20. The second kappa shape index (κ2) is 7.50. The van der Waals surface area contributed by atoms with E-state index in [0.717, 1.165) is 6.07 Å². The second-order valence-electron chi connectivity index (χ2n) is 5.98. The molecule has 0 heterocycles. The number of hydrogen-bond donors (Lipinski definition) is 1. The number of rotatable bonds is 6. The highest BCUT2D eigenvalue weighted by Gasteiger charge is 2.23. The van der Waals surface area contributed by atoms with E-state index in [0.29, 0.717) is 17.9 Å². The molecule has 2 atom stereocenters. The highest BCUT2D eigenvalue weighted by atomic mass is 19.2. The monoisotopic (exact) mass is 298 g/mol. The summed E-state index contributed by atoms with van der Waals surface area (Å²) in [6.45, 7) is 5.92. The number of carbonyl (C=O) groups excluding carboxylic acids is 1. The molecule has 0 fully saturated rings. The molecule has 0 aliphatic rings. The van der Waals surface area contributed by atoms with Gasteiger partial charge in [-0.25, -0.2) is 8.78 Å². The molecule has 0 saturated heterocycles. The van der Waals surface area contributed by atoms with Crippen molar-refractivity contribution in [3.63, 3.8) is 0 Å². The molecule has 0 spiro atoms. The molecular weight excluding hydrogens is 274 g/mol. The van der Waals surface area contributed by atoms with Crippen LogP contribution >= 0.6 is 0 Å². The van der Waals surface area contributed by atoms with Gasteiger partial charge in [0.1, 0.15) is 0 Å². The SMILES string of the molecule is CC(C)CC(NC(C)c1ccc(F)c(F)c1)C(=O)N(C)C. The van der Waals surface area contributed by atoms with Gasteiger partial charge in [0.25, 0.3) is 0 Å². The molecule has 118 valence electrons. The lowest BCUT2D eigenvalue weighted by Crippen LogP contribution is -2.45. The van der Waals surface area contributed by atoms with Crippen molar-refractivity contribution < 1.29 is 13.6 Å². The molecule has 0 radical (unpaired) electrons. The van der Waals surface area contributed by atoms with Crippen molar-refractivity contribution in [3.8, 4) is 0 Å². The van der Waals surface area contributed by atoms with E-state index in [-0.39, 0.29) is 18.0 Å². The number of amides is 1. The predicted octanol–water partition coefficient (Wildman–Crippen LogP) is 3.12. The van der Waals surface area contributed by atoms with Crippen molar-refractivity contribution in [2.75, 3.05) is 14.1 Å². The lowest BCUT2D eigenvalue weighted by molar-refractivity contribution is -0.131. The summed E-state index contributed by atoms with van der Waals surface area (Å²) in [6, 6.07) is 3.21. The minimum Gasteiger partial charge on any atom is -0.347 e. The third-order valence-electron chi connectivity index (χ3n) is 3.34. The Kier molecular flexibility index (Phi) is 6.27. The van der Waals surface area contributed by atoms with E-state index in [1.54, 1.807) is 14.1 Å². The smallest absolute Gasteiger partial charge is 0.239 e. The minimum atomic E-state index is -0.875. The Morgan fingerprint density at radius 2 is 1.81 bits per heavy atom. The van der Waals surface area contributed by atoms with Gasteiger partial charge in [0.05, 0.1) is 6.04 Å². The Morgan fingerprint density at radius 1 is 1.19 bits per heavy atom. The van der Waals surface area contributed by atoms with Gasteiger partial charge in [0.15, 0.2) is 11.6 Å². The Hall–Kier alpha value is -1.49. The lowest BCUT2D eigenvalue weighted by Gasteiger charge is -2.26. The molecule has 1 aromatic carbocycles. The zero-order valence-corrected chi connectivity index (χ0v) is 13.3. The van der Waals surface area contributed by atoms with E-state index in [4.69, 9.17) is 0 Å². The highest BCUT2D eigenvalue weighted by Crippen LogP contribution is 2.18. The number of likely N-dealkylation sites (N-methyl/N-ethyl adjacent to an activating group) is 1. The van der Waals surface area contributed by atoms with Gasteiger partial charge in [-0.2, -0.15) is 0 Å². The van der Waals surface area contributed by atoms with Crippen LogP contribution in [0.25, 0.3) is 0 Å². The topological polar surface area (TPSA) is 32.3 Å². The van der Waals surface area contributed by atoms with Crippen molar-refractivity contribution in [2.24, 2.45) is 5.92 Å². The van der Waals surface area contributed by atoms with Crippen molar-refractivity contribution in [1.82, 2.24) is 10.2 Å². The molecule has 0 aliphatic heterocycles. The van der Waals surface area contributed by atoms with Gasteiger partial charge in [-0.05, 0) is 37.0 Å². The Balaban J connectivity index is 2.86. The average Bonchev–Trinajstić information content (AvgIpc) is 2.39. The average molecular weight is 298 g/mol. The minimum absolute atomic E-state index is 0.0156. The van der Waals surface area contributed by atoms with E-state index in [9.17, 15) is 13.6 Å². The Labute approximate surface area is 125 Å². The van der Waals surface area contributed by atoms with Crippen LogP contribution in [0.15, 0.2) is 18.2 Å². The zero-order valence-electron chi connectivity index (χ0n) is 13.3. The summed E-state index contributed by atoms with van der Waals surface area (Å²) in [4.78, 5) is 13.7. The molecule has 0 aliphatic carbocycles. The van der Waals surface area contributed by atoms with Gasteiger partial charge in [0, 0.05) is 20.1 Å². The molecule has 21 heavy (non-hydrogen) atoms. The van der Waals surface area contributed by atoms with Crippen molar-refractivity contribution >= 4 is 5.91 Å². The molecule has 1 rings (SSSR count). The lowest BCUT2D eigenvalue weighted by atomic mass is 10.00. The van der Waals surface area contributed by atoms with Crippen LogP contribution in [0.3, 0.4) is 0 Å². The number of nitrogens with one attached hydrogen (secondary N) is 1. The maximum atomic E-state index is 13.3. The second-order valence-corrected chi connectivity index (χ2v) is 5.98. The Morgan fingerprint density at radius 3 is 2.29 bits per heavy atom. The standard InChI is InChI=1S/C16H24F2N2O/c1-10(2)8-15(16(21)20(4)5)19-11(3)12-6-7-13(17)14(18)9-12/h6-7,9-11,15,19H,8H2,1-5H3. The summed E-state index contributed by atoms with van der Waals surface area (Å²) in [6.07, 6.45) is 0.686. The summed E-state index contributed by atoms with van der Waals surface area (Å²) in [5, 5.41) is 3.21. The first-order valence-corrected chi connectivity index (χ1v) is 7.14. The molecule has 1 N–H and O–H groups in total. The van der Waals surface area contributed by atoms with Crippen LogP contribution in [0.2, 0.25) is 0 Å². The van der Waals surface area contributed by atoms with Crippen LogP contribution in [0.4, 0.5) is 8.78 Å². The fraction of sp³-hybridized carbons (Fsp3) is 0.562. The first-order chi connectivity index (χ1) is 9.72. The number of benzene rings is 1. The summed E-state index contributed by atoms with van der Waals surface area (Å²) in [7, 11) is 3.42. The first-order valence-electron chi connectivity index (χ1n) is 7.14. The Bertz CT molecular complexity index is 489. The van der Waals surface area contributed by atoms with E-state index in [1.807, 2.05) is 20.8 Å². The summed E-state index contributed by atoms with van der Waals surface area (Å²) in [5.74, 6) is -1.41. The van der Waals surface area contributed by atoms with Gasteiger partial charge in [-0.3, -0.25) is 10.1 Å². The molecule has 3 nitrogen and oxygen atoms in total. The van der Waals surface area contributed by atoms with Crippen LogP contribution in [-0.4, -0.2) is 30.9 Å². The molecule has 1 amide bonds. The largest absolute Gasteiger partial charge is 0.347 e. The van der Waals surface area contributed by atoms with Gasteiger partial charge < -0.3 is 4.90 Å². The van der Waals surface area contributed by atoms with Gasteiger partial charge in [-0.15, -0.1) is 0 Å². The maximum Gasteiger partial charge on any atom is 0.239 e. The molecule has 5 heteroatoms. The molecule has 1 aromatic rings. The van der Waals surface area contributed by atoms with Crippen LogP contribution in [0, 0.1) is 17.6 Å². The summed E-state index contributed by atoms with van der Waals surface area (Å²) >= 11 is 0. The molecule has 0 aromatic heterocycles. The van der Waals surface area contributed by atoms with Gasteiger partial charge in [-0.1, -0.05) is 19.9 Å². The van der Waals surface area contributed by atoms with Crippen LogP contribution in [0.1, 0.15) is 38.8 Å². The zero-order chi connectivity index (χ0) is 16.2. The molecular formula is C16H24F2N2O. The van der Waals surface area contributed by atoms with Crippen molar-refractivity contribution in [2.45, 2.75) is 39.3 Å². The highest BCUT2D eigenvalue weighted by molar-refractivity contribution is 5.81. The summed E-state index contributed by atoms with van der Waals surface area (Å²) < 4.78 is 26.3. The first kappa shape index (κ1) is 17.6.